The number of anilines is 1. The van der Waals surface area contributed by atoms with Gasteiger partial charge in [-0.15, -0.1) is 11.3 Å². The number of aromatic nitrogens is 2. The number of rotatable bonds is 7. The van der Waals surface area contributed by atoms with E-state index in [1.807, 2.05) is 6.07 Å². The van der Waals surface area contributed by atoms with Crippen LogP contribution in [0, 0.1) is 5.92 Å². The molecule has 2 aliphatic heterocycles. The Bertz CT molecular complexity index is 1070. The fourth-order valence-corrected chi connectivity index (χ4v) is 5.78. The van der Waals surface area contributed by atoms with Crippen LogP contribution in [0.5, 0.6) is 0 Å². The van der Waals surface area contributed by atoms with Crippen LogP contribution < -0.4 is 10.2 Å². The number of hydrogen-bond donors (Lipinski definition) is 1. The van der Waals surface area contributed by atoms with Gasteiger partial charge in [0, 0.05) is 56.6 Å². The van der Waals surface area contributed by atoms with E-state index in [-0.39, 0.29) is 5.91 Å². The Morgan fingerprint density at radius 1 is 1.15 bits per heavy atom. The molecule has 0 saturated carbocycles. The van der Waals surface area contributed by atoms with Crippen LogP contribution >= 0.6 is 11.3 Å². The number of benzene rings is 1. The predicted molar refractivity (Wildman–Crippen MR) is 133 cm³/mol. The SMILES string of the molecule is O=C(CC1CCCN(c2ncnc3scc(-c4ccccc4)c23)C1)NCCN1CCOCC1. The highest BCUT2D eigenvalue weighted by molar-refractivity contribution is 7.17. The van der Waals surface area contributed by atoms with E-state index >= 15 is 0 Å². The number of amides is 1. The maximum atomic E-state index is 12.6. The van der Waals surface area contributed by atoms with Crippen LogP contribution in [-0.2, 0) is 9.53 Å². The Morgan fingerprint density at radius 2 is 2.00 bits per heavy atom. The smallest absolute Gasteiger partial charge is 0.220 e. The molecule has 2 saturated heterocycles. The first kappa shape index (κ1) is 22.3. The molecule has 0 bridgehead atoms. The molecule has 0 radical (unpaired) electrons. The number of thiophene rings is 1. The van der Waals surface area contributed by atoms with Gasteiger partial charge in [-0.3, -0.25) is 9.69 Å². The van der Waals surface area contributed by atoms with Crippen LogP contribution in [0.3, 0.4) is 0 Å². The molecule has 0 spiro atoms. The van der Waals surface area contributed by atoms with Crippen molar-refractivity contribution in [3.8, 4) is 11.1 Å². The Hall–Kier alpha value is -2.55. The lowest BCUT2D eigenvalue weighted by atomic mass is 9.94. The Balaban J connectivity index is 1.23. The van der Waals surface area contributed by atoms with E-state index in [1.165, 1.54) is 11.1 Å². The van der Waals surface area contributed by atoms with Gasteiger partial charge in [0.25, 0.3) is 0 Å². The van der Waals surface area contributed by atoms with E-state index in [1.54, 1.807) is 17.7 Å². The van der Waals surface area contributed by atoms with Gasteiger partial charge in [0.1, 0.15) is 17.0 Å². The number of fused-ring (bicyclic) bond motifs is 1. The summed E-state index contributed by atoms with van der Waals surface area (Å²) in [6.07, 6.45) is 4.40. The van der Waals surface area contributed by atoms with E-state index in [9.17, 15) is 4.79 Å². The van der Waals surface area contributed by atoms with E-state index < -0.39 is 0 Å². The van der Waals surface area contributed by atoms with Gasteiger partial charge in [-0.05, 0) is 24.3 Å². The molecule has 1 N–H and O–H groups in total. The van der Waals surface area contributed by atoms with Crippen LogP contribution in [-0.4, -0.2) is 73.3 Å². The number of nitrogens with zero attached hydrogens (tertiary/aromatic N) is 4. The van der Waals surface area contributed by atoms with Crippen LogP contribution in [0.15, 0.2) is 42.0 Å². The summed E-state index contributed by atoms with van der Waals surface area (Å²) in [6, 6.07) is 10.4. The molecular formula is C25H31N5O2S. The Labute approximate surface area is 198 Å². The number of carbonyl (C=O) groups excluding carboxylic acids is 1. The van der Waals surface area contributed by atoms with Crippen molar-refractivity contribution in [3.05, 3.63) is 42.0 Å². The van der Waals surface area contributed by atoms with Crippen molar-refractivity contribution >= 4 is 33.3 Å². The Morgan fingerprint density at radius 3 is 2.85 bits per heavy atom. The number of morpholine rings is 1. The summed E-state index contributed by atoms with van der Waals surface area (Å²) in [5.74, 6) is 1.49. The van der Waals surface area contributed by atoms with Gasteiger partial charge in [-0.1, -0.05) is 30.3 Å². The van der Waals surface area contributed by atoms with Crippen molar-refractivity contribution in [1.29, 1.82) is 0 Å². The van der Waals surface area contributed by atoms with E-state index in [0.29, 0.717) is 18.9 Å². The van der Waals surface area contributed by atoms with Crippen molar-refractivity contribution < 1.29 is 9.53 Å². The van der Waals surface area contributed by atoms with Gasteiger partial charge in [0.05, 0.1) is 18.6 Å². The predicted octanol–water partition coefficient (Wildman–Crippen LogP) is 3.41. The lowest BCUT2D eigenvalue weighted by Gasteiger charge is -2.34. The van der Waals surface area contributed by atoms with Gasteiger partial charge < -0.3 is 15.0 Å². The summed E-state index contributed by atoms with van der Waals surface area (Å²) in [4.78, 5) is 27.6. The minimum Gasteiger partial charge on any atom is -0.379 e. The summed E-state index contributed by atoms with van der Waals surface area (Å²) in [5.41, 5.74) is 2.38. The van der Waals surface area contributed by atoms with Crippen molar-refractivity contribution in [1.82, 2.24) is 20.2 Å². The minimum absolute atomic E-state index is 0.156. The topological polar surface area (TPSA) is 70.6 Å². The van der Waals surface area contributed by atoms with E-state index in [2.05, 4.69) is 49.7 Å². The number of carbonyl (C=O) groups is 1. The molecular weight excluding hydrogens is 434 g/mol. The first-order valence-electron chi connectivity index (χ1n) is 11.9. The van der Waals surface area contributed by atoms with Crippen LogP contribution in [0.4, 0.5) is 5.82 Å². The van der Waals surface area contributed by atoms with Gasteiger partial charge in [-0.2, -0.15) is 0 Å². The van der Waals surface area contributed by atoms with Crippen LogP contribution in [0.1, 0.15) is 19.3 Å². The third-order valence-electron chi connectivity index (χ3n) is 6.58. The molecule has 1 aromatic carbocycles. The molecule has 1 amide bonds. The van der Waals surface area contributed by atoms with Gasteiger partial charge in [0.15, 0.2) is 0 Å². The fourth-order valence-electron chi connectivity index (χ4n) is 4.87. The molecule has 0 aliphatic carbocycles. The third-order valence-corrected chi connectivity index (χ3v) is 7.47. The maximum Gasteiger partial charge on any atom is 0.220 e. The lowest BCUT2D eigenvalue weighted by molar-refractivity contribution is -0.122. The number of ether oxygens (including phenoxy) is 1. The van der Waals surface area contributed by atoms with E-state index in [4.69, 9.17) is 9.72 Å². The second kappa shape index (κ2) is 10.6. The second-order valence-corrected chi connectivity index (χ2v) is 9.71. The molecule has 174 valence electrons. The van der Waals surface area contributed by atoms with Gasteiger partial charge in [-0.25, -0.2) is 9.97 Å². The number of hydrogen-bond acceptors (Lipinski definition) is 7. The monoisotopic (exact) mass is 465 g/mol. The molecule has 33 heavy (non-hydrogen) atoms. The van der Waals surface area contributed by atoms with Gasteiger partial charge >= 0.3 is 0 Å². The summed E-state index contributed by atoms with van der Waals surface area (Å²) in [6.45, 7) is 6.90. The highest BCUT2D eigenvalue weighted by atomic mass is 32.1. The van der Waals surface area contributed by atoms with Crippen molar-refractivity contribution in [2.24, 2.45) is 5.92 Å². The molecule has 2 aliphatic rings. The zero-order valence-electron chi connectivity index (χ0n) is 18.9. The minimum atomic E-state index is 0.156. The fraction of sp³-hybridized carbons (Fsp3) is 0.480. The average Bonchev–Trinajstić information content (AvgIpc) is 3.30. The van der Waals surface area contributed by atoms with Crippen LogP contribution in [0.25, 0.3) is 21.3 Å². The third kappa shape index (κ3) is 5.34. The molecule has 1 atom stereocenters. The molecule has 8 heteroatoms. The first-order chi connectivity index (χ1) is 16.3. The number of piperidine rings is 1. The maximum absolute atomic E-state index is 12.6. The summed E-state index contributed by atoms with van der Waals surface area (Å²) >= 11 is 1.67. The first-order valence-corrected chi connectivity index (χ1v) is 12.8. The Kier molecular flexibility index (Phi) is 7.14. The van der Waals surface area contributed by atoms with Crippen molar-refractivity contribution in [3.63, 3.8) is 0 Å². The standard InChI is InChI=1S/C25H31N5O2S/c31-22(26-8-10-29-11-13-32-14-12-29)15-19-5-4-9-30(16-19)24-23-21(20-6-2-1-3-7-20)17-33-25(23)28-18-27-24/h1-3,6-7,17-19H,4-5,8-16H2,(H,26,31). The second-order valence-electron chi connectivity index (χ2n) is 8.86. The molecule has 7 nitrogen and oxygen atoms in total. The van der Waals surface area contributed by atoms with Gasteiger partial charge in [0.2, 0.25) is 5.91 Å². The van der Waals surface area contributed by atoms with Crippen molar-refractivity contribution in [2.75, 3.05) is 57.4 Å². The molecule has 4 heterocycles. The van der Waals surface area contributed by atoms with Crippen LogP contribution in [0.2, 0.25) is 0 Å². The lowest BCUT2D eigenvalue weighted by Crippen LogP contribution is -2.42. The van der Waals surface area contributed by atoms with Crippen molar-refractivity contribution in [2.45, 2.75) is 19.3 Å². The highest BCUT2D eigenvalue weighted by Gasteiger charge is 2.26. The zero-order valence-corrected chi connectivity index (χ0v) is 19.7. The van der Waals surface area contributed by atoms with E-state index in [0.717, 1.165) is 74.8 Å². The summed E-state index contributed by atoms with van der Waals surface area (Å²) < 4.78 is 5.39. The molecule has 5 rings (SSSR count). The quantitative estimate of drug-likeness (QED) is 0.577. The highest BCUT2D eigenvalue weighted by Crippen LogP contribution is 2.38. The largest absolute Gasteiger partial charge is 0.379 e. The molecule has 1 unspecified atom stereocenters. The number of nitrogens with one attached hydrogen (secondary N) is 1. The average molecular weight is 466 g/mol. The zero-order chi connectivity index (χ0) is 22.5. The summed E-state index contributed by atoms with van der Waals surface area (Å²) in [5, 5.41) is 6.44. The molecule has 2 aromatic heterocycles. The molecule has 3 aromatic rings. The summed E-state index contributed by atoms with van der Waals surface area (Å²) in [7, 11) is 0. The normalized spacial score (nSPS) is 19.6. The molecule has 2 fully saturated rings.